The highest BCUT2D eigenvalue weighted by Crippen LogP contribution is 2.15. The zero-order valence-corrected chi connectivity index (χ0v) is 9.89. The Morgan fingerprint density at radius 3 is 2.65 bits per heavy atom. The number of nitro groups is 1. The summed E-state index contributed by atoms with van der Waals surface area (Å²) in [4.78, 5) is 10.7. The van der Waals surface area contributed by atoms with Gasteiger partial charge in [-0.2, -0.15) is 11.3 Å². The molecule has 1 aromatic carbocycles. The molecule has 4 heteroatoms. The molecule has 0 aliphatic heterocycles. The second kappa shape index (κ2) is 5.41. The van der Waals surface area contributed by atoms with Crippen LogP contribution in [0.4, 0.5) is 0 Å². The van der Waals surface area contributed by atoms with Gasteiger partial charge in [-0.25, -0.2) is 0 Å². The van der Waals surface area contributed by atoms with Gasteiger partial charge in [0.15, 0.2) is 0 Å². The maximum atomic E-state index is 11.0. The van der Waals surface area contributed by atoms with Crippen LogP contribution in [0.5, 0.6) is 0 Å². The van der Waals surface area contributed by atoms with Gasteiger partial charge in [0.1, 0.15) is 0 Å². The van der Waals surface area contributed by atoms with Gasteiger partial charge in [-0.05, 0) is 28.0 Å². The first-order chi connectivity index (χ1) is 8.25. The van der Waals surface area contributed by atoms with Gasteiger partial charge in [-0.1, -0.05) is 30.3 Å². The van der Waals surface area contributed by atoms with E-state index in [2.05, 4.69) is 0 Å². The molecule has 86 valence electrons. The minimum Gasteiger partial charge on any atom is -0.259 e. The van der Waals surface area contributed by atoms with Crippen LogP contribution in [-0.2, 0) is 6.42 Å². The molecule has 2 aromatic rings. The first-order valence-electron chi connectivity index (χ1n) is 5.17. The number of thiophene rings is 1. The second-order valence-corrected chi connectivity index (χ2v) is 4.39. The van der Waals surface area contributed by atoms with Gasteiger partial charge in [0.2, 0.25) is 0 Å². The number of nitrogens with zero attached hydrogens (tertiary/aromatic N) is 1. The summed E-state index contributed by atoms with van der Waals surface area (Å²) in [5.41, 5.74) is 2.05. The van der Waals surface area contributed by atoms with Crippen LogP contribution in [0.3, 0.4) is 0 Å². The number of hydrogen-bond acceptors (Lipinski definition) is 3. The van der Waals surface area contributed by atoms with Crippen LogP contribution in [0, 0.1) is 10.1 Å². The van der Waals surface area contributed by atoms with Crippen LogP contribution >= 0.6 is 11.3 Å². The quantitative estimate of drug-likeness (QED) is 0.610. The van der Waals surface area contributed by atoms with Crippen LogP contribution in [0.25, 0.3) is 6.08 Å². The van der Waals surface area contributed by atoms with Crippen LogP contribution < -0.4 is 0 Å². The Morgan fingerprint density at radius 1 is 1.29 bits per heavy atom. The van der Waals surface area contributed by atoms with E-state index in [1.165, 1.54) is 11.3 Å². The zero-order chi connectivity index (χ0) is 12.1. The molecule has 0 amide bonds. The molecular weight excluding hydrogens is 234 g/mol. The minimum atomic E-state index is -0.315. The van der Waals surface area contributed by atoms with E-state index < -0.39 is 0 Å². The summed E-state index contributed by atoms with van der Waals surface area (Å²) in [7, 11) is 0. The highest BCUT2D eigenvalue weighted by Gasteiger charge is 2.11. The lowest BCUT2D eigenvalue weighted by Crippen LogP contribution is -2.02. The molecule has 0 radical (unpaired) electrons. The molecule has 0 atom stereocenters. The first kappa shape index (κ1) is 11.5. The van der Waals surface area contributed by atoms with Gasteiger partial charge < -0.3 is 0 Å². The molecule has 1 aromatic heterocycles. The van der Waals surface area contributed by atoms with E-state index in [-0.39, 0.29) is 10.6 Å². The van der Waals surface area contributed by atoms with Crippen molar-refractivity contribution in [2.75, 3.05) is 0 Å². The fourth-order valence-corrected chi connectivity index (χ4v) is 2.14. The van der Waals surface area contributed by atoms with Crippen molar-refractivity contribution in [2.24, 2.45) is 0 Å². The van der Waals surface area contributed by atoms with Gasteiger partial charge in [0, 0.05) is 6.08 Å². The van der Waals surface area contributed by atoms with Gasteiger partial charge in [-0.3, -0.25) is 10.1 Å². The predicted molar refractivity (Wildman–Crippen MR) is 69.4 cm³/mol. The molecule has 0 saturated carbocycles. The maximum absolute atomic E-state index is 11.0. The van der Waals surface area contributed by atoms with Crippen molar-refractivity contribution in [3.63, 3.8) is 0 Å². The maximum Gasteiger partial charge on any atom is 0.251 e. The standard InChI is InChI=1S/C13H11NO2S/c15-14(16)13(9-12-6-7-17-10-12)8-11-4-2-1-3-5-11/h1-7,9-10H,8H2/b13-9-. The number of benzene rings is 1. The Labute approximate surface area is 103 Å². The van der Waals surface area contributed by atoms with Crippen molar-refractivity contribution in [1.82, 2.24) is 0 Å². The lowest BCUT2D eigenvalue weighted by atomic mass is 10.1. The van der Waals surface area contributed by atoms with Gasteiger partial charge in [0.05, 0.1) is 11.3 Å². The average molecular weight is 245 g/mol. The molecule has 0 aliphatic rings. The van der Waals surface area contributed by atoms with E-state index in [0.717, 1.165) is 11.1 Å². The lowest BCUT2D eigenvalue weighted by Gasteiger charge is -1.99. The normalized spacial score (nSPS) is 11.4. The molecule has 17 heavy (non-hydrogen) atoms. The fourth-order valence-electron chi connectivity index (χ4n) is 1.52. The van der Waals surface area contributed by atoms with Crippen molar-refractivity contribution < 1.29 is 4.92 Å². The van der Waals surface area contributed by atoms with E-state index in [4.69, 9.17) is 0 Å². The van der Waals surface area contributed by atoms with Crippen LogP contribution in [-0.4, -0.2) is 4.92 Å². The average Bonchev–Trinajstić information content (AvgIpc) is 2.82. The molecule has 0 N–H and O–H groups in total. The van der Waals surface area contributed by atoms with E-state index in [9.17, 15) is 10.1 Å². The highest BCUT2D eigenvalue weighted by atomic mass is 32.1. The third-order valence-corrected chi connectivity index (χ3v) is 3.04. The zero-order valence-electron chi connectivity index (χ0n) is 9.08. The third kappa shape index (κ3) is 3.26. The Morgan fingerprint density at radius 2 is 2.06 bits per heavy atom. The van der Waals surface area contributed by atoms with E-state index in [1.54, 1.807) is 6.08 Å². The molecule has 1 heterocycles. The van der Waals surface area contributed by atoms with E-state index in [0.29, 0.717) is 6.42 Å². The summed E-state index contributed by atoms with van der Waals surface area (Å²) in [6.07, 6.45) is 1.98. The predicted octanol–water partition coefficient (Wildman–Crippen LogP) is 3.61. The van der Waals surface area contributed by atoms with Crippen molar-refractivity contribution in [2.45, 2.75) is 6.42 Å². The highest BCUT2D eigenvalue weighted by molar-refractivity contribution is 7.08. The van der Waals surface area contributed by atoms with Crippen molar-refractivity contribution in [3.8, 4) is 0 Å². The largest absolute Gasteiger partial charge is 0.259 e. The number of allylic oxidation sites excluding steroid dienone is 1. The van der Waals surface area contributed by atoms with Crippen LogP contribution in [0.1, 0.15) is 11.1 Å². The number of rotatable bonds is 4. The fraction of sp³-hybridized carbons (Fsp3) is 0.0769. The summed E-state index contributed by atoms with van der Waals surface area (Å²) in [6, 6.07) is 11.3. The molecule has 0 unspecified atom stereocenters. The lowest BCUT2D eigenvalue weighted by molar-refractivity contribution is -0.425. The smallest absolute Gasteiger partial charge is 0.251 e. The molecule has 0 aliphatic carbocycles. The topological polar surface area (TPSA) is 43.1 Å². The Hall–Kier alpha value is -1.94. The summed E-state index contributed by atoms with van der Waals surface area (Å²) in [5.74, 6) is 0. The van der Waals surface area contributed by atoms with Crippen molar-refractivity contribution in [1.29, 1.82) is 0 Å². The van der Waals surface area contributed by atoms with Crippen LogP contribution in [0.15, 0.2) is 52.9 Å². The molecular formula is C13H11NO2S. The first-order valence-corrected chi connectivity index (χ1v) is 6.11. The van der Waals surface area contributed by atoms with Gasteiger partial charge >= 0.3 is 0 Å². The monoisotopic (exact) mass is 245 g/mol. The molecule has 0 spiro atoms. The summed E-state index contributed by atoms with van der Waals surface area (Å²) in [6.45, 7) is 0. The Balaban J connectivity index is 2.22. The third-order valence-electron chi connectivity index (χ3n) is 2.34. The summed E-state index contributed by atoms with van der Waals surface area (Å²) < 4.78 is 0. The molecule has 3 nitrogen and oxygen atoms in total. The van der Waals surface area contributed by atoms with Crippen LogP contribution in [0.2, 0.25) is 0 Å². The Bertz CT molecular complexity index is 518. The minimum absolute atomic E-state index is 0.217. The van der Waals surface area contributed by atoms with E-state index in [1.807, 2.05) is 47.2 Å². The molecule has 0 bridgehead atoms. The molecule has 0 fully saturated rings. The van der Waals surface area contributed by atoms with Gasteiger partial charge in [0.25, 0.3) is 5.70 Å². The molecule has 0 saturated heterocycles. The summed E-state index contributed by atoms with van der Waals surface area (Å²) >= 11 is 1.53. The molecule has 2 rings (SSSR count). The number of hydrogen-bond donors (Lipinski definition) is 0. The van der Waals surface area contributed by atoms with Crippen molar-refractivity contribution >= 4 is 17.4 Å². The summed E-state index contributed by atoms with van der Waals surface area (Å²) in [5, 5.41) is 14.8. The van der Waals surface area contributed by atoms with Crippen molar-refractivity contribution in [3.05, 3.63) is 74.1 Å². The SMILES string of the molecule is O=[N+]([O-])/C(=C\c1ccsc1)Cc1ccccc1. The van der Waals surface area contributed by atoms with Gasteiger partial charge in [-0.15, -0.1) is 0 Å². The van der Waals surface area contributed by atoms with E-state index >= 15 is 0 Å². The second-order valence-electron chi connectivity index (χ2n) is 3.61. The Kier molecular flexibility index (Phi) is 3.67.